The van der Waals surface area contributed by atoms with Crippen LogP contribution in [0.5, 0.6) is 0 Å². The lowest BCUT2D eigenvalue weighted by molar-refractivity contribution is 0.948. The Balaban J connectivity index is 2.54. The topological polar surface area (TPSA) is 81.6 Å². The lowest BCUT2D eigenvalue weighted by Crippen LogP contribution is -2.12. The van der Waals surface area contributed by atoms with Crippen molar-refractivity contribution in [3.63, 3.8) is 0 Å². The summed E-state index contributed by atoms with van der Waals surface area (Å²) in [6, 6.07) is 0. The summed E-state index contributed by atoms with van der Waals surface area (Å²) in [5, 5.41) is 0. The molecule has 14 heavy (non-hydrogen) atoms. The number of hydrogen-bond acceptors (Lipinski definition) is 5. The van der Waals surface area contributed by atoms with E-state index in [4.69, 9.17) is 5.84 Å². The summed E-state index contributed by atoms with van der Waals surface area (Å²) in [5.41, 5.74) is 3.40. The second-order valence-electron chi connectivity index (χ2n) is 2.79. The number of hydrogen-bond donors (Lipinski definition) is 2. The molecular weight excluding hydrogens is 180 g/mol. The van der Waals surface area contributed by atoms with E-state index in [9.17, 15) is 0 Å². The summed E-state index contributed by atoms with van der Waals surface area (Å²) < 4.78 is 1.80. The first-order valence-electron chi connectivity index (χ1n) is 4.09. The highest BCUT2D eigenvalue weighted by Crippen LogP contribution is 2.15. The molecule has 0 spiro atoms. The van der Waals surface area contributed by atoms with Crippen LogP contribution in [0.3, 0.4) is 0 Å². The molecule has 0 aliphatic rings. The summed E-state index contributed by atoms with van der Waals surface area (Å²) in [4.78, 5) is 12.1. The fourth-order valence-corrected chi connectivity index (χ4v) is 1.23. The quantitative estimate of drug-likeness (QED) is 0.524. The minimum atomic E-state index is 0.615. The Morgan fingerprint density at radius 1 is 1.43 bits per heavy atom. The molecule has 0 aliphatic heterocycles. The van der Waals surface area contributed by atoms with Crippen molar-refractivity contribution in [1.82, 2.24) is 19.5 Å². The average molecular weight is 190 g/mol. The van der Waals surface area contributed by atoms with E-state index in [1.54, 1.807) is 17.1 Å². The molecule has 0 saturated heterocycles. The van der Waals surface area contributed by atoms with Gasteiger partial charge in [-0.25, -0.2) is 20.8 Å². The fraction of sp³-hybridized carbons (Fsp3) is 0.125. The molecule has 0 aromatic carbocycles. The molecule has 2 aromatic rings. The zero-order chi connectivity index (χ0) is 9.97. The second-order valence-corrected chi connectivity index (χ2v) is 2.79. The smallest absolute Gasteiger partial charge is 0.148 e. The summed E-state index contributed by atoms with van der Waals surface area (Å²) >= 11 is 0. The monoisotopic (exact) mass is 190 g/mol. The van der Waals surface area contributed by atoms with E-state index in [0.29, 0.717) is 5.82 Å². The van der Waals surface area contributed by atoms with Crippen molar-refractivity contribution < 1.29 is 0 Å². The van der Waals surface area contributed by atoms with Crippen LogP contribution in [0.1, 0.15) is 5.56 Å². The van der Waals surface area contributed by atoms with Crippen LogP contribution in [-0.2, 0) is 0 Å². The molecule has 0 bridgehead atoms. The molecule has 0 radical (unpaired) electrons. The largest absolute Gasteiger partial charge is 0.308 e. The molecule has 6 heteroatoms. The van der Waals surface area contributed by atoms with Crippen molar-refractivity contribution >= 4 is 5.82 Å². The molecule has 0 aliphatic carbocycles. The lowest BCUT2D eigenvalue weighted by atomic mass is 10.3. The SMILES string of the molecule is Cc1c(NN)ncnc1-n1ccnc1. The van der Waals surface area contributed by atoms with Gasteiger partial charge < -0.3 is 5.43 Å². The van der Waals surface area contributed by atoms with Crippen molar-refractivity contribution in [3.8, 4) is 5.82 Å². The molecule has 2 rings (SSSR count). The Labute approximate surface area is 80.8 Å². The molecular formula is C8H10N6. The number of imidazole rings is 1. The number of hydrazine groups is 1. The number of nitrogens with one attached hydrogen (secondary N) is 1. The van der Waals surface area contributed by atoms with E-state index in [0.717, 1.165) is 11.4 Å². The minimum absolute atomic E-state index is 0.615. The first-order valence-corrected chi connectivity index (χ1v) is 4.09. The average Bonchev–Trinajstić information content (AvgIpc) is 2.71. The van der Waals surface area contributed by atoms with Gasteiger partial charge in [0, 0.05) is 18.0 Å². The Morgan fingerprint density at radius 2 is 2.29 bits per heavy atom. The Hall–Kier alpha value is -1.95. The van der Waals surface area contributed by atoms with Gasteiger partial charge in [0.2, 0.25) is 0 Å². The Kier molecular flexibility index (Phi) is 2.11. The third kappa shape index (κ3) is 1.31. The highest BCUT2D eigenvalue weighted by Gasteiger charge is 2.06. The maximum Gasteiger partial charge on any atom is 0.148 e. The van der Waals surface area contributed by atoms with Crippen molar-refractivity contribution in [2.24, 2.45) is 5.84 Å². The molecule has 72 valence electrons. The summed E-state index contributed by atoms with van der Waals surface area (Å²) in [6.45, 7) is 1.89. The Morgan fingerprint density at radius 3 is 2.93 bits per heavy atom. The maximum absolute atomic E-state index is 5.31. The molecule has 2 aromatic heterocycles. The zero-order valence-electron chi connectivity index (χ0n) is 7.68. The van der Waals surface area contributed by atoms with Crippen molar-refractivity contribution in [2.45, 2.75) is 6.92 Å². The molecule has 0 saturated carbocycles. The van der Waals surface area contributed by atoms with Crippen LogP contribution in [0.15, 0.2) is 25.0 Å². The number of rotatable bonds is 2. The summed E-state index contributed by atoms with van der Waals surface area (Å²) in [7, 11) is 0. The third-order valence-corrected chi connectivity index (χ3v) is 1.94. The highest BCUT2D eigenvalue weighted by atomic mass is 15.3. The molecule has 0 atom stereocenters. The normalized spacial score (nSPS) is 10.1. The Bertz CT molecular complexity index is 421. The number of nitrogen functional groups attached to an aromatic ring is 1. The van der Waals surface area contributed by atoms with Gasteiger partial charge >= 0.3 is 0 Å². The van der Waals surface area contributed by atoms with Gasteiger partial charge in [0.1, 0.15) is 24.3 Å². The lowest BCUT2D eigenvalue weighted by Gasteiger charge is -2.08. The van der Waals surface area contributed by atoms with Gasteiger partial charge in [-0.05, 0) is 6.92 Å². The maximum atomic E-state index is 5.31. The van der Waals surface area contributed by atoms with E-state index in [1.807, 2.05) is 13.1 Å². The van der Waals surface area contributed by atoms with Gasteiger partial charge in [-0.2, -0.15) is 0 Å². The van der Waals surface area contributed by atoms with Gasteiger partial charge in [0.05, 0.1) is 0 Å². The molecule has 6 nitrogen and oxygen atoms in total. The van der Waals surface area contributed by atoms with Gasteiger partial charge in [-0.3, -0.25) is 4.57 Å². The van der Waals surface area contributed by atoms with Crippen LogP contribution < -0.4 is 11.3 Å². The van der Waals surface area contributed by atoms with Crippen LogP contribution in [0.2, 0.25) is 0 Å². The van der Waals surface area contributed by atoms with Crippen molar-refractivity contribution in [2.75, 3.05) is 5.43 Å². The van der Waals surface area contributed by atoms with E-state index < -0.39 is 0 Å². The number of nitrogens with two attached hydrogens (primary N) is 1. The zero-order valence-corrected chi connectivity index (χ0v) is 7.68. The third-order valence-electron chi connectivity index (χ3n) is 1.94. The summed E-state index contributed by atoms with van der Waals surface area (Å²) in [5.74, 6) is 6.69. The van der Waals surface area contributed by atoms with Gasteiger partial charge in [-0.15, -0.1) is 0 Å². The first-order chi connectivity index (χ1) is 6.83. The highest BCUT2D eigenvalue weighted by molar-refractivity contribution is 5.49. The van der Waals surface area contributed by atoms with Gasteiger partial charge in [0.15, 0.2) is 0 Å². The van der Waals surface area contributed by atoms with E-state index in [-0.39, 0.29) is 0 Å². The number of nitrogens with zero attached hydrogens (tertiary/aromatic N) is 4. The van der Waals surface area contributed by atoms with Crippen LogP contribution in [0.25, 0.3) is 5.82 Å². The van der Waals surface area contributed by atoms with Crippen LogP contribution in [0.4, 0.5) is 5.82 Å². The summed E-state index contributed by atoms with van der Waals surface area (Å²) in [6.07, 6.45) is 6.64. The van der Waals surface area contributed by atoms with E-state index in [2.05, 4.69) is 20.4 Å². The van der Waals surface area contributed by atoms with Crippen LogP contribution in [0, 0.1) is 6.92 Å². The molecule has 0 unspecified atom stereocenters. The molecule has 2 heterocycles. The first kappa shape index (κ1) is 8.64. The second kappa shape index (κ2) is 3.43. The standard InChI is InChI=1S/C8H10N6/c1-6-7(13-9)11-4-12-8(6)14-3-2-10-5-14/h2-5H,9H2,1H3,(H,11,12,13). The number of anilines is 1. The number of aromatic nitrogens is 4. The van der Waals surface area contributed by atoms with E-state index >= 15 is 0 Å². The van der Waals surface area contributed by atoms with Crippen LogP contribution >= 0.6 is 0 Å². The van der Waals surface area contributed by atoms with E-state index in [1.165, 1.54) is 6.33 Å². The predicted octanol–water partition coefficient (Wildman–Crippen LogP) is 0.256. The molecule has 0 amide bonds. The predicted molar refractivity (Wildman–Crippen MR) is 51.7 cm³/mol. The fourth-order valence-electron chi connectivity index (χ4n) is 1.23. The minimum Gasteiger partial charge on any atom is -0.308 e. The molecule has 3 N–H and O–H groups in total. The van der Waals surface area contributed by atoms with Crippen molar-refractivity contribution in [3.05, 3.63) is 30.6 Å². The van der Waals surface area contributed by atoms with Gasteiger partial charge in [0.25, 0.3) is 0 Å². The van der Waals surface area contributed by atoms with Crippen LogP contribution in [-0.4, -0.2) is 19.5 Å². The van der Waals surface area contributed by atoms with Crippen molar-refractivity contribution in [1.29, 1.82) is 0 Å². The molecule has 0 fully saturated rings. The van der Waals surface area contributed by atoms with Gasteiger partial charge in [-0.1, -0.05) is 0 Å².